The Morgan fingerprint density at radius 3 is 1.34 bits per heavy atom. The standard InChI is InChI=1S/C30H20N2O6/c1-3-31-19-11-7-5-9-15(19)23(27(31)33)25-17-13-22-18(14-21(17)37-29(25)35)26(30(36)38-22)24-16-10-6-8-12-20(16)32(4-2)28(24)34/h5-14H,3-4H2,1-2H3/b25-23-,26-24+. The highest BCUT2D eigenvalue weighted by Crippen LogP contribution is 2.51. The molecule has 0 saturated carbocycles. The number of likely N-dealkylation sites (N-methyl/N-ethyl adjacent to an activating group) is 2. The number of para-hydroxylation sites is 2. The van der Waals surface area contributed by atoms with Gasteiger partial charge in [0.05, 0.1) is 33.7 Å². The number of carbonyl (C=O) groups is 4. The van der Waals surface area contributed by atoms with Crippen LogP contribution < -0.4 is 19.3 Å². The molecule has 0 bridgehead atoms. The van der Waals surface area contributed by atoms with E-state index < -0.39 is 11.9 Å². The number of hydrogen-bond acceptors (Lipinski definition) is 6. The molecule has 0 atom stereocenters. The zero-order valence-electron chi connectivity index (χ0n) is 20.5. The second kappa shape index (κ2) is 7.76. The summed E-state index contributed by atoms with van der Waals surface area (Å²) in [7, 11) is 0. The summed E-state index contributed by atoms with van der Waals surface area (Å²) in [6, 6.07) is 17.7. The highest BCUT2D eigenvalue weighted by molar-refractivity contribution is 6.48. The Bertz CT molecular complexity index is 1600. The monoisotopic (exact) mass is 504 g/mol. The van der Waals surface area contributed by atoms with E-state index in [0.29, 0.717) is 35.3 Å². The third-order valence-electron chi connectivity index (χ3n) is 7.41. The summed E-state index contributed by atoms with van der Waals surface area (Å²) < 4.78 is 11.2. The number of benzene rings is 3. The van der Waals surface area contributed by atoms with Crippen LogP contribution in [0.4, 0.5) is 11.4 Å². The largest absolute Gasteiger partial charge is 0.422 e. The van der Waals surface area contributed by atoms with Gasteiger partial charge in [0, 0.05) is 35.3 Å². The summed E-state index contributed by atoms with van der Waals surface area (Å²) in [6.45, 7) is 4.62. The topological polar surface area (TPSA) is 93.2 Å². The molecule has 0 spiro atoms. The number of hydrogen-bond donors (Lipinski definition) is 0. The molecule has 8 heteroatoms. The first kappa shape index (κ1) is 22.2. The van der Waals surface area contributed by atoms with Gasteiger partial charge in [0.15, 0.2) is 0 Å². The summed E-state index contributed by atoms with van der Waals surface area (Å²) in [6.07, 6.45) is 0. The molecule has 8 nitrogen and oxygen atoms in total. The Morgan fingerprint density at radius 1 is 0.553 bits per heavy atom. The molecule has 0 radical (unpaired) electrons. The van der Waals surface area contributed by atoms with E-state index in [4.69, 9.17) is 9.47 Å². The first-order chi connectivity index (χ1) is 18.4. The van der Waals surface area contributed by atoms with Crippen LogP contribution in [0.3, 0.4) is 0 Å². The molecule has 38 heavy (non-hydrogen) atoms. The SMILES string of the molecule is CCN1C(=O)/C(=C2\C(=O)Oc3cc4c(cc32)OC(=O)/C4=C2/C(=O)N(CC)c3ccccc32)c2ccccc21. The number of carbonyl (C=O) groups excluding carboxylic acids is 4. The maximum Gasteiger partial charge on any atom is 0.345 e. The van der Waals surface area contributed by atoms with Gasteiger partial charge < -0.3 is 19.3 Å². The molecule has 0 unspecified atom stereocenters. The average Bonchev–Trinajstić information content (AvgIpc) is 3.58. The van der Waals surface area contributed by atoms with E-state index in [-0.39, 0.29) is 45.6 Å². The third-order valence-corrected chi connectivity index (χ3v) is 7.41. The van der Waals surface area contributed by atoms with Crippen molar-refractivity contribution in [3.63, 3.8) is 0 Å². The fraction of sp³-hybridized carbons (Fsp3) is 0.133. The Balaban J connectivity index is 1.44. The lowest BCUT2D eigenvalue weighted by atomic mass is 9.92. The van der Waals surface area contributed by atoms with Gasteiger partial charge in [-0.15, -0.1) is 0 Å². The van der Waals surface area contributed by atoms with Gasteiger partial charge in [0.2, 0.25) is 0 Å². The van der Waals surface area contributed by atoms with Crippen LogP contribution in [-0.2, 0) is 19.2 Å². The minimum atomic E-state index is -0.653. The number of esters is 2. The Labute approximate surface area is 217 Å². The van der Waals surface area contributed by atoms with Crippen molar-refractivity contribution in [2.75, 3.05) is 22.9 Å². The second-order valence-electron chi connectivity index (χ2n) is 9.26. The molecular formula is C30H20N2O6. The maximum atomic E-state index is 13.4. The molecule has 3 aromatic carbocycles. The number of anilines is 2. The summed E-state index contributed by atoms with van der Waals surface area (Å²) in [5, 5.41) is 0. The van der Waals surface area contributed by atoms with E-state index >= 15 is 0 Å². The number of fused-ring (bicyclic) bond motifs is 4. The predicted octanol–water partition coefficient (Wildman–Crippen LogP) is 4.08. The van der Waals surface area contributed by atoms with Crippen LogP contribution in [0.1, 0.15) is 36.1 Å². The van der Waals surface area contributed by atoms with Crippen molar-refractivity contribution in [1.29, 1.82) is 0 Å². The first-order valence-electron chi connectivity index (χ1n) is 12.4. The predicted molar refractivity (Wildman–Crippen MR) is 140 cm³/mol. The lowest BCUT2D eigenvalue weighted by Crippen LogP contribution is -2.26. The molecule has 0 N–H and O–H groups in total. The fourth-order valence-corrected chi connectivity index (χ4v) is 5.79. The molecule has 186 valence electrons. The van der Waals surface area contributed by atoms with Crippen molar-refractivity contribution in [3.8, 4) is 11.5 Å². The molecule has 0 aromatic heterocycles. The Kier molecular flexibility index (Phi) is 4.54. The van der Waals surface area contributed by atoms with Gasteiger partial charge in [-0.2, -0.15) is 0 Å². The van der Waals surface area contributed by atoms with Crippen LogP contribution in [0.2, 0.25) is 0 Å². The molecule has 4 heterocycles. The van der Waals surface area contributed by atoms with Gasteiger partial charge in [-0.25, -0.2) is 9.59 Å². The zero-order valence-corrected chi connectivity index (χ0v) is 20.5. The minimum absolute atomic E-state index is 0.132. The molecular weight excluding hydrogens is 484 g/mol. The van der Waals surface area contributed by atoms with E-state index in [1.54, 1.807) is 34.1 Å². The quantitative estimate of drug-likeness (QED) is 0.297. The molecule has 2 amide bonds. The minimum Gasteiger partial charge on any atom is -0.422 e. The van der Waals surface area contributed by atoms with Crippen molar-refractivity contribution in [2.24, 2.45) is 0 Å². The molecule has 3 aromatic rings. The number of ether oxygens (including phenoxy) is 2. The molecule has 0 aliphatic carbocycles. The van der Waals surface area contributed by atoms with Crippen molar-refractivity contribution >= 4 is 57.4 Å². The smallest absolute Gasteiger partial charge is 0.345 e. The summed E-state index contributed by atoms with van der Waals surface area (Å²) >= 11 is 0. The van der Waals surface area contributed by atoms with Gasteiger partial charge >= 0.3 is 11.9 Å². The summed E-state index contributed by atoms with van der Waals surface area (Å²) in [5.41, 5.74) is 4.26. The second-order valence-corrected chi connectivity index (χ2v) is 9.26. The fourth-order valence-electron chi connectivity index (χ4n) is 5.79. The Morgan fingerprint density at radius 2 is 0.947 bits per heavy atom. The van der Waals surface area contributed by atoms with Crippen LogP contribution in [0.5, 0.6) is 11.5 Å². The van der Waals surface area contributed by atoms with Gasteiger partial charge in [-0.3, -0.25) is 9.59 Å². The maximum absolute atomic E-state index is 13.4. The Hall–Kier alpha value is -4.98. The van der Waals surface area contributed by atoms with Gasteiger partial charge in [0.1, 0.15) is 11.5 Å². The lowest BCUT2D eigenvalue weighted by Gasteiger charge is -2.13. The molecule has 4 aliphatic heterocycles. The van der Waals surface area contributed by atoms with Gasteiger partial charge in [-0.1, -0.05) is 36.4 Å². The number of nitrogens with zero attached hydrogens (tertiary/aromatic N) is 2. The van der Waals surface area contributed by atoms with E-state index in [1.165, 1.54) is 0 Å². The van der Waals surface area contributed by atoms with Crippen molar-refractivity contribution < 1.29 is 28.7 Å². The van der Waals surface area contributed by atoms with Gasteiger partial charge in [-0.05, 0) is 38.1 Å². The normalized spacial score (nSPS) is 21.0. The molecule has 0 saturated heterocycles. The summed E-state index contributed by atoms with van der Waals surface area (Å²) in [5.74, 6) is -1.47. The van der Waals surface area contributed by atoms with E-state index in [9.17, 15) is 19.2 Å². The average molecular weight is 504 g/mol. The summed E-state index contributed by atoms with van der Waals surface area (Å²) in [4.78, 5) is 56.3. The van der Waals surface area contributed by atoms with E-state index in [0.717, 1.165) is 11.4 Å². The van der Waals surface area contributed by atoms with Crippen LogP contribution >= 0.6 is 0 Å². The van der Waals surface area contributed by atoms with Gasteiger partial charge in [0.25, 0.3) is 11.8 Å². The van der Waals surface area contributed by atoms with Crippen molar-refractivity contribution in [3.05, 3.63) is 82.9 Å². The number of rotatable bonds is 2. The van der Waals surface area contributed by atoms with Crippen molar-refractivity contribution in [2.45, 2.75) is 13.8 Å². The van der Waals surface area contributed by atoms with Crippen molar-refractivity contribution in [1.82, 2.24) is 0 Å². The molecule has 0 fully saturated rings. The van der Waals surface area contributed by atoms with Crippen LogP contribution in [0.15, 0.2) is 60.7 Å². The number of amides is 2. The zero-order chi connectivity index (χ0) is 26.3. The van der Waals surface area contributed by atoms with E-state index in [1.807, 2.05) is 50.2 Å². The van der Waals surface area contributed by atoms with Crippen LogP contribution in [0.25, 0.3) is 22.3 Å². The molecule has 7 rings (SSSR count). The van der Waals surface area contributed by atoms with E-state index in [2.05, 4.69) is 0 Å². The highest BCUT2D eigenvalue weighted by atomic mass is 16.5. The van der Waals surface area contributed by atoms with Crippen LogP contribution in [-0.4, -0.2) is 36.8 Å². The third kappa shape index (κ3) is 2.74. The lowest BCUT2D eigenvalue weighted by molar-refractivity contribution is -0.127. The molecule has 4 aliphatic rings. The van der Waals surface area contributed by atoms with Crippen LogP contribution in [0, 0.1) is 0 Å². The highest BCUT2D eigenvalue weighted by Gasteiger charge is 2.44. The first-order valence-corrected chi connectivity index (χ1v) is 12.4.